The molecule has 1 N–H and O–H groups in total. The van der Waals surface area contributed by atoms with Crippen molar-refractivity contribution in [3.8, 4) is 0 Å². The number of rotatable bonds is 40. The molecule has 48 heavy (non-hydrogen) atoms. The summed E-state index contributed by atoms with van der Waals surface area (Å²) in [6.07, 6.45) is 45.9. The zero-order valence-electron chi connectivity index (χ0n) is 32.5. The third-order valence-electron chi connectivity index (χ3n) is 10.2. The standard InChI is InChI=1S/C43H83N3O2/c1-3-5-7-9-11-13-15-17-19-21-23-25-27-29-35-46(36-30-28-26-24-22-20-18-16-14-12-10-8-6-4-2)37-39-48-38-31-32-43(47)34-33-42-40-44-41-45-42/h40-41H,3-39H2,1-2H3,(H,44,45). The second kappa shape index (κ2) is 37.1. The molecule has 0 fully saturated rings. The molecule has 282 valence electrons. The van der Waals surface area contributed by atoms with Crippen LogP contribution in [-0.2, 0) is 16.0 Å². The first-order chi connectivity index (χ1) is 23.8. The first kappa shape index (κ1) is 44.8. The highest BCUT2D eigenvalue weighted by Crippen LogP contribution is 2.15. The van der Waals surface area contributed by atoms with Crippen LogP contribution in [0.1, 0.15) is 219 Å². The first-order valence-corrected chi connectivity index (χ1v) is 21.5. The number of hydrogen-bond acceptors (Lipinski definition) is 4. The minimum absolute atomic E-state index is 0.324. The lowest BCUT2D eigenvalue weighted by Crippen LogP contribution is -2.30. The number of H-pyrrole nitrogens is 1. The third-order valence-corrected chi connectivity index (χ3v) is 10.2. The second-order valence-electron chi connectivity index (χ2n) is 14.9. The number of aromatic amines is 1. The predicted octanol–water partition coefficient (Wildman–Crippen LogP) is 13.0. The van der Waals surface area contributed by atoms with Gasteiger partial charge in [0.2, 0.25) is 0 Å². The maximum absolute atomic E-state index is 12.2. The van der Waals surface area contributed by atoms with Gasteiger partial charge in [0.05, 0.1) is 12.9 Å². The Bertz CT molecular complexity index is 721. The van der Waals surface area contributed by atoms with Gasteiger partial charge in [0.25, 0.3) is 0 Å². The van der Waals surface area contributed by atoms with Crippen LogP contribution in [0.15, 0.2) is 12.5 Å². The summed E-state index contributed by atoms with van der Waals surface area (Å²) in [7, 11) is 0. The van der Waals surface area contributed by atoms with Crippen LogP contribution in [-0.4, -0.2) is 53.5 Å². The van der Waals surface area contributed by atoms with Crippen LogP contribution < -0.4 is 0 Å². The molecular formula is C43H83N3O2. The molecule has 5 heteroatoms. The van der Waals surface area contributed by atoms with Crippen molar-refractivity contribution in [3.05, 3.63) is 18.2 Å². The normalized spacial score (nSPS) is 11.6. The highest BCUT2D eigenvalue weighted by molar-refractivity contribution is 5.78. The SMILES string of the molecule is CCCCCCCCCCCCCCCCN(CCCCCCCCCCCCCCCC)CCOCCCC(=O)CCc1cnc[nH]1. The predicted molar refractivity (Wildman–Crippen MR) is 209 cm³/mol. The van der Waals surface area contributed by atoms with Crippen molar-refractivity contribution in [2.75, 3.05) is 32.8 Å². The van der Waals surface area contributed by atoms with Crippen molar-refractivity contribution >= 4 is 5.78 Å². The molecule has 0 unspecified atom stereocenters. The van der Waals surface area contributed by atoms with E-state index in [0.717, 1.165) is 31.7 Å². The van der Waals surface area contributed by atoms with E-state index in [4.69, 9.17) is 4.74 Å². The second-order valence-corrected chi connectivity index (χ2v) is 14.9. The summed E-state index contributed by atoms with van der Waals surface area (Å²) in [5, 5.41) is 0. The number of ketones is 1. The van der Waals surface area contributed by atoms with Gasteiger partial charge < -0.3 is 14.6 Å². The van der Waals surface area contributed by atoms with Gasteiger partial charge in [0, 0.05) is 37.9 Å². The van der Waals surface area contributed by atoms with Crippen LogP contribution in [0.5, 0.6) is 0 Å². The Morgan fingerprint density at radius 3 is 1.35 bits per heavy atom. The molecule has 0 saturated carbocycles. The van der Waals surface area contributed by atoms with Gasteiger partial charge in [-0.1, -0.05) is 181 Å². The Morgan fingerprint density at radius 2 is 0.958 bits per heavy atom. The molecule has 5 nitrogen and oxygen atoms in total. The van der Waals surface area contributed by atoms with E-state index in [1.165, 1.54) is 193 Å². The number of nitrogens with zero attached hydrogens (tertiary/aromatic N) is 2. The van der Waals surface area contributed by atoms with Gasteiger partial charge in [0.15, 0.2) is 0 Å². The van der Waals surface area contributed by atoms with E-state index in [2.05, 4.69) is 28.7 Å². The fourth-order valence-corrected chi connectivity index (χ4v) is 6.88. The Balaban J connectivity index is 2.11. The number of nitrogens with one attached hydrogen (secondary N) is 1. The van der Waals surface area contributed by atoms with E-state index < -0.39 is 0 Å². The molecule has 0 radical (unpaired) electrons. The van der Waals surface area contributed by atoms with Crippen molar-refractivity contribution in [3.63, 3.8) is 0 Å². The van der Waals surface area contributed by atoms with Gasteiger partial charge in [0.1, 0.15) is 5.78 Å². The van der Waals surface area contributed by atoms with Crippen LogP contribution in [0.3, 0.4) is 0 Å². The summed E-state index contributed by atoms with van der Waals surface area (Å²) in [5.74, 6) is 0.324. The maximum atomic E-state index is 12.2. The molecular weight excluding hydrogens is 590 g/mol. The lowest BCUT2D eigenvalue weighted by Gasteiger charge is -2.22. The molecule has 0 bridgehead atoms. The number of Topliss-reactive ketones (excluding diaryl/α,β-unsaturated/α-hetero) is 1. The summed E-state index contributed by atoms with van der Waals surface area (Å²) in [6, 6.07) is 0. The van der Waals surface area contributed by atoms with E-state index in [-0.39, 0.29) is 0 Å². The van der Waals surface area contributed by atoms with Gasteiger partial charge >= 0.3 is 0 Å². The zero-order chi connectivity index (χ0) is 34.4. The number of carbonyl (C=O) groups is 1. The Hall–Kier alpha value is -1.20. The molecule has 0 aliphatic rings. The quantitative estimate of drug-likeness (QED) is 0.0704. The number of hydrogen-bond donors (Lipinski definition) is 1. The van der Waals surface area contributed by atoms with E-state index in [1.807, 2.05) is 0 Å². The van der Waals surface area contributed by atoms with Gasteiger partial charge in [-0.25, -0.2) is 4.98 Å². The monoisotopic (exact) mass is 674 g/mol. The van der Waals surface area contributed by atoms with Crippen molar-refractivity contribution in [2.45, 2.75) is 219 Å². The lowest BCUT2D eigenvalue weighted by molar-refractivity contribution is -0.119. The Labute approximate surface area is 299 Å². The minimum atomic E-state index is 0.324. The van der Waals surface area contributed by atoms with Crippen molar-refractivity contribution in [1.29, 1.82) is 0 Å². The molecule has 0 saturated heterocycles. The molecule has 0 spiro atoms. The molecule has 1 aromatic heterocycles. The van der Waals surface area contributed by atoms with Crippen molar-refractivity contribution in [2.24, 2.45) is 0 Å². The lowest BCUT2D eigenvalue weighted by atomic mass is 10.0. The van der Waals surface area contributed by atoms with E-state index >= 15 is 0 Å². The van der Waals surface area contributed by atoms with Crippen LogP contribution in [0.4, 0.5) is 0 Å². The number of unbranched alkanes of at least 4 members (excludes halogenated alkanes) is 26. The number of aryl methyl sites for hydroxylation is 1. The number of ether oxygens (including phenoxy) is 1. The van der Waals surface area contributed by atoms with Crippen LogP contribution in [0.25, 0.3) is 0 Å². The largest absolute Gasteiger partial charge is 0.380 e. The van der Waals surface area contributed by atoms with E-state index in [0.29, 0.717) is 25.2 Å². The number of imidazole rings is 1. The summed E-state index contributed by atoms with van der Waals surface area (Å²) in [5.41, 5.74) is 1.04. The molecule has 0 amide bonds. The highest BCUT2D eigenvalue weighted by atomic mass is 16.5. The van der Waals surface area contributed by atoms with Crippen LogP contribution >= 0.6 is 0 Å². The fraction of sp³-hybridized carbons (Fsp3) is 0.907. The summed E-state index contributed by atoms with van der Waals surface area (Å²) < 4.78 is 6.00. The maximum Gasteiger partial charge on any atom is 0.133 e. The molecule has 0 aliphatic carbocycles. The minimum Gasteiger partial charge on any atom is -0.380 e. The molecule has 1 aromatic rings. The van der Waals surface area contributed by atoms with E-state index in [1.54, 1.807) is 12.5 Å². The summed E-state index contributed by atoms with van der Waals surface area (Å²) in [6.45, 7) is 9.55. The Kier molecular flexibility index (Phi) is 34.6. The smallest absolute Gasteiger partial charge is 0.133 e. The summed E-state index contributed by atoms with van der Waals surface area (Å²) >= 11 is 0. The first-order valence-electron chi connectivity index (χ1n) is 21.5. The van der Waals surface area contributed by atoms with Crippen molar-refractivity contribution < 1.29 is 9.53 Å². The van der Waals surface area contributed by atoms with Gasteiger partial charge in [-0.15, -0.1) is 0 Å². The fourth-order valence-electron chi connectivity index (χ4n) is 6.88. The average Bonchev–Trinajstić information content (AvgIpc) is 3.62. The number of aromatic nitrogens is 2. The average molecular weight is 674 g/mol. The molecule has 0 atom stereocenters. The topological polar surface area (TPSA) is 58.2 Å². The van der Waals surface area contributed by atoms with Gasteiger partial charge in [-0.3, -0.25) is 4.79 Å². The highest BCUT2D eigenvalue weighted by Gasteiger charge is 2.07. The van der Waals surface area contributed by atoms with Crippen LogP contribution in [0, 0.1) is 0 Å². The van der Waals surface area contributed by atoms with Crippen molar-refractivity contribution in [1.82, 2.24) is 14.9 Å². The van der Waals surface area contributed by atoms with Crippen LogP contribution in [0.2, 0.25) is 0 Å². The summed E-state index contributed by atoms with van der Waals surface area (Å²) in [4.78, 5) is 22.0. The molecule has 1 rings (SSSR count). The molecule has 0 aromatic carbocycles. The number of carbonyl (C=O) groups excluding carboxylic acids is 1. The van der Waals surface area contributed by atoms with Gasteiger partial charge in [-0.2, -0.15) is 0 Å². The molecule has 0 aliphatic heterocycles. The molecule has 1 heterocycles. The van der Waals surface area contributed by atoms with E-state index in [9.17, 15) is 4.79 Å². The zero-order valence-corrected chi connectivity index (χ0v) is 32.5. The third kappa shape index (κ3) is 32.0. The Morgan fingerprint density at radius 1 is 0.542 bits per heavy atom. The van der Waals surface area contributed by atoms with Gasteiger partial charge in [-0.05, 0) is 38.8 Å².